The van der Waals surface area contributed by atoms with Gasteiger partial charge in [0.15, 0.2) is 0 Å². The van der Waals surface area contributed by atoms with E-state index in [9.17, 15) is 15.2 Å². The molecule has 0 aliphatic rings. The average Bonchev–Trinajstić information content (AvgIpc) is 2.29. The highest BCUT2D eigenvalue weighted by Gasteiger charge is 2.30. The Kier molecular flexibility index (Phi) is 3.94. The van der Waals surface area contributed by atoms with Crippen molar-refractivity contribution in [3.63, 3.8) is 0 Å². The number of hydrogen-bond acceptors (Lipinski definition) is 5. The molecule has 2 atom stereocenters. The molecule has 84 valence electrons. The lowest BCUT2D eigenvalue weighted by atomic mass is 10.0. The second-order valence-corrected chi connectivity index (χ2v) is 3.21. The number of aliphatic hydroxyl groups excluding tert-OH is 2. The summed E-state index contributed by atoms with van der Waals surface area (Å²) in [7, 11) is 0. The van der Waals surface area contributed by atoms with Gasteiger partial charge in [-0.25, -0.2) is 0 Å². The Morgan fingerprint density at radius 2 is 2.00 bits per heavy atom. The molecule has 0 amide bonds. The Morgan fingerprint density at radius 3 is 2.38 bits per heavy atom. The molecule has 0 bridgehead atoms. The third-order valence-electron chi connectivity index (χ3n) is 2.20. The summed E-state index contributed by atoms with van der Waals surface area (Å²) >= 11 is 0. The van der Waals surface area contributed by atoms with Gasteiger partial charge in [0.25, 0.3) is 6.04 Å². The molecule has 0 aliphatic heterocycles. The van der Waals surface area contributed by atoms with Crippen LogP contribution >= 0.6 is 0 Å². The lowest BCUT2D eigenvalue weighted by molar-refractivity contribution is -0.539. The van der Waals surface area contributed by atoms with Gasteiger partial charge in [-0.05, 0) is 17.7 Å². The maximum atomic E-state index is 10.5. The van der Waals surface area contributed by atoms with Gasteiger partial charge in [-0.1, -0.05) is 12.1 Å². The molecule has 0 saturated heterocycles. The predicted octanol–water partition coefficient (Wildman–Crippen LogP) is 0.229. The van der Waals surface area contributed by atoms with E-state index < -0.39 is 23.7 Å². The fourth-order valence-corrected chi connectivity index (χ4v) is 1.26. The molecule has 0 aliphatic carbocycles. The molecule has 0 aromatic heterocycles. The lowest BCUT2D eigenvalue weighted by Crippen LogP contribution is -2.31. The highest BCUT2D eigenvalue weighted by Crippen LogP contribution is 2.18. The fraction of sp³-hybridized carbons (Fsp3) is 0.300. The average molecular weight is 222 g/mol. The van der Waals surface area contributed by atoms with Crippen LogP contribution in [0, 0.1) is 21.4 Å². The summed E-state index contributed by atoms with van der Waals surface area (Å²) in [6.07, 6.45) is -1.38. The first-order chi connectivity index (χ1) is 7.60. The largest absolute Gasteiger partial charge is 0.389 e. The zero-order valence-electron chi connectivity index (χ0n) is 8.28. The van der Waals surface area contributed by atoms with Crippen LogP contribution in [0.4, 0.5) is 0 Å². The second kappa shape index (κ2) is 5.21. The maximum absolute atomic E-state index is 10.5. The van der Waals surface area contributed by atoms with Crippen LogP contribution in [0.5, 0.6) is 0 Å². The number of nitrogens with zero attached hydrogens (tertiary/aromatic N) is 2. The van der Waals surface area contributed by atoms with Gasteiger partial charge in [0.1, 0.15) is 12.7 Å². The number of hydrogen-bond donors (Lipinski definition) is 2. The van der Waals surface area contributed by atoms with Crippen molar-refractivity contribution in [3.8, 4) is 6.07 Å². The topological polar surface area (TPSA) is 107 Å². The quantitative estimate of drug-likeness (QED) is 0.560. The molecule has 0 spiro atoms. The van der Waals surface area contributed by atoms with Gasteiger partial charge in [0.05, 0.1) is 11.6 Å². The van der Waals surface area contributed by atoms with Gasteiger partial charge in [0.2, 0.25) is 0 Å². The SMILES string of the molecule is N#Cc1ccc(C(O)C(CO)[N+](=O)[O-])cc1. The van der Waals surface area contributed by atoms with Crippen LogP contribution in [0.15, 0.2) is 24.3 Å². The minimum atomic E-state index is -1.45. The van der Waals surface area contributed by atoms with Crippen LogP contribution in [-0.4, -0.2) is 27.8 Å². The van der Waals surface area contributed by atoms with Crippen LogP contribution in [0.25, 0.3) is 0 Å². The molecule has 2 unspecified atom stereocenters. The summed E-state index contributed by atoms with van der Waals surface area (Å²) in [5.74, 6) is 0. The number of aliphatic hydroxyl groups is 2. The molecule has 1 aromatic rings. The molecule has 1 aromatic carbocycles. The summed E-state index contributed by atoms with van der Waals surface area (Å²) in [6, 6.07) is 6.20. The van der Waals surface area contributed by atoms with Crippen LogP contribution < -0.4 is 0 Å². The summed E-state index contributed by atoms with van der Waals surface area (Å²) in [6.45, 7) is -0.742. The summed E-state index contributed by atoms with van der Waals surface area (Å²) in [5, 5.41) is 37.5. The van der Waals surface area contributed by atoms with E-state index in [2.05, 4.69) is 0 Å². The lowest BCUT2D eigenvalue weighted by Gasteiger charge is -2.14. The number of nitro groups is 1. The number of rotatable bonds is 4. The zero-order valence-corrected chi connectivity index (χ0v) is 8.28. The van der Waals surface area contributed by atoms with Gasteiger partial charge >= 0.3 is 0 Å². The normalized spacial score (nSPS) is 13.8. The van der Waals surface area contributed by atoms with Crippen molar-refractivity contribution in [1.29, 1.82) is 5.26 Å². The minimum absolute atomic E-state index is 0.301. The summed E-state index contributed by atoms with van der Waals surface area (Å²) in [5.41, 5.74) is 0.701. The van der Waals surface area contributed by atoms with Crippen molar-refractivity contribution in [2.45, 2.75) is 12.1 Å². The van der Waals surface area contributed by atoms with E-state index in [1.807, 2.05) is 6.07 Å². The monoisotopic (exact) mass is 222 g/mol. The standard InChI is InChI=1S/C10H10N2O4/c11-5-7-1-3-8(4-2-7)10(14)9(6-13)12(15)16/h1-4,9-10,13-14H,6H2. The molecule has 1 rings (SSSR count). The predicted molar refractivity (Wildman–Crippen MR) is 54.0 cm³/mol. The van der Waals surface area contributed by atoms with Crippen molar-refractivity contribution in [2.24, 2.45) is 0 Å². The highest BCUT2D eigenvalue weighted by atomic mass is 16.6. The van der Waals surface area contributed by atoms with Crippen LogP contribution in [0.1, 0.15) is 17.2 Å². The van der Waals surface area contributed by atoms with Gasteiger partial charge in [0, 0.05) is 4.92 Å². The first-order valence-electron chi connectivity index (χ1n) is 4.52. The second-order valence-electron chi connectivity index (χ2n) is 3.21. The Hall–Kier alpha value is -1.97. The minimum Gasteiger partial charge on any atom is -0.389 e. The third-order valence-corrected chi connectivity index (χ3v) is 2.20. The van der Waals surface area contributed by atoms with Crippen LogP contribution in [-0.2, 0) is 0 Å². The molecule has 0 saturated carbocycles. The Bertz CT molecular complexity index is 410. The molecule has 2 N–H and O–H groups in total. The highest BCUT2D eigenvalue weighted by molar-refractivity contribution is 5.32. The van der Waals surface area contributed by atoms with Crippen LogP contribution in [0.3, 0.4) is 0 Å². The van der Waals surface area contributed by atoms with Gasteiger partial charge in [-0.3, -0.25) is 10.1 Å². The van der Waals surface area contributed by atoms with E-state index in [1.165, 1.54) is 24.3 Å². The molecule has 0 fully saturated rings. The molecule has 6 nitrogen and oxygen atoms in total. The van der Waals surface area contributed by atoms with E-state index in [0.717, 1.165) is 0 Å². The van der Waals surface area contributed by atoms with Gasteiger partial charge in [-0.2, -0.15) is 5.26 Å². The third kappa shape index (κ3) is 2.53. The molecule has 0 radical (unpaired) electrons. The van der Waals surface area contributed by atoms with E-state index in [4.69, 9.17) is 10.4 Å². The molecule has 6 heteroatoms. The van der Waals surface area contributed by atoms with Crippen molar-refractivity contribution in [1.82, 2.24) is 0 Å². The maximum Gasteiger partial charge on any atom is 0.265 e. The molecular formula is C10H10N2O4. The van der Waals surface area contributed by atoms with E-state index in [-0.39, 0.29) is 0 Å². The Balaban J connectivity index is 2.91. The van der Waals surface area contributed by atoms with Crippen molar-refractivity contribution in [3.05, 3.63) is 45.5 Å². The van der Waals surface area contributed by atoms with Crippen molar-refractivity contribution >= 4 is 0 Å². The molecular weight excluding hydrogens is 212 g/mol. The first-order valence-corrected chi connectivity index (χ1v) is 4.52. The Morgan fingerprint density at radius 1 is 1.44 bits per heavy atom. The van der Waals surface area contributed by atoms with E-state index >= 15 is 0 Å². The Labute approximate surface area is 91.5 Å². The van der Waals surface area contributed by atoms with Gasteiger partial charge in [-0.15, -0.1) is 0 Å². The van der Waals surface area contributed by atoms with Crippen molar-refractivity contribution < 1.29 is 15.1 Å². The van der Waals surface area contributed by atoms with E-state index in [1.54, 1.807) is 0 Å². The van der Waals surface area contributed by atoms with Crippen LogP contribution in [0.2, 0.25) is 0 Å². The molecule has 0 heterocycles. The summed E-state index contributed by atoms with van der Waals surface area (Å²) in [4.78, 5) is 9.77. The zero-order chi connectivity index (χ0) is 12.1. The molecule has 16 heavy (non-hydrogen) atoms. The number of nitriles is 1. The van der Waals surface area contributed by atoms with E-state index in [0.29, 0.717) is 11.1 Å². The number of benzene rings is 1. The smallest absolute Gasteiger partial charge is 0.265 e. The fourth-order valence-electron chi connectivity index (χ4n) is 1.26. The summed E-state index contributed by atoms with van der Waals surface area (Å²) < 4.78 is 0. The van der Waals surface area contributed by atoms with Crippen molar-refractivity contribution in [2.75, 3.05) is 6.61 Å². The first kappa shape index (κ1) is 12.1. The van der Waals surface area contributed by atoms with Gasteiger partial charge < -0.3 is 10.2 Å².